The van der Waals surface area contributed by atoms with Gasteiger partial charge >= 0.3 is 0 Å². The van der Waals surface area contributed by atoms with Crippen molar-refractivity contribution in [2.24, 2.45) is 0 Å². The van der Waals surface area contributed by atoms with Crippen LogP contribution in [0.3, 0.4) is 0 Å². The predicted molar refractivity (Wildman–Crippen MR) is 62.9 cm³/mol. The van der Waals surface area contributed by atoms with Gasteiger partial charge in [-0.3, -0.25) is 0 Å². The summed E-state index contributed by atoms with van der Waals surface area (Å²) < 4.78 is 1.69. The molecule has 0 bridgehead atoms. The second-order valence-electron chi connectivity index (χ2n) is 3.92. The van der Waals surface area contributed by atoms with E-state index in [0.717, 1.165) is 25.2 Å². The quantitative estimate of drug-likeness (QED) is 0.823. The highest BCUT2D eigenvalue weighted by Gasteiger charge is 2.15. The molecule has 0 saturated carbocycles. The highest BCUT2D eigenvalue weighted by molar-refractivity contribution is 6.30. The zero-order chi connectivity index (χ0) is 11.0. The Hall–Kier alpha value is -1.33. The van der Waals surface area contributed by atoms with Gasteiger partial charge in [-0.25, -0.2) is 4.52 Å². The molecule has 1 atom stereocenters. The molecule has 0 radical (unpaired) electrons. The SMILES string of the molecule is Clc1ccc2nc(NC3CCNC3)nn2c1. The third-order valence-corrected chi connectivity index (χ3v) is 2.91. The highest BCUT2D eigenvalue weighted by atomic mass is 35.5. The molecule has 2 aromatic rings. The van der Waals surface area contributed by atoms with E-state index in [0.29, 0.717) is 17.0 Å². The lowest BCUT2D eigenvalue weighted by Gasteiger charge is -2.07. The van der Waals surface area contributed by atoms with Crippen LogP contribution in [0.25, 0.3) is 5.65 Å². The minimum atomic E-state index is 0.424. The van der Waals surface area contributed by atoms with E-state index in [4.69, 9.17) is 11.6 Å². The largest absolute Gasteiger partial charge is 0.349 e. The van der Waals surface area contributed by atoms with Gasteiger partial charge in [0.05, 0.1) is 5.02 Å². The van der Waals surface area contributed by atoms with Crippen molar-refractivity contribution in [2.75, 3.05) is 18.4 Å². The summed E-state index contributed by atoms with van der Waals surface area (Å²) in [5, 5.41) is 11.6. The summed E-state index contributed by atoms with van der Waals surface area (Å²) in [6, 6.07) is 4.09. The molecular formula is C10H12ClN5. The third kappa shape index (κ3) is 1.83. The third-order valence-electron chi connectivity index (χ3n) is 2.69. The summed E-state index contributed by atoms with van der Waals surface area (Å²) in [6.07, 6.45) is 2.86. The van der Waals surface area contributed by atoms with E-state index in [1.54, 1.807) is 10.7 Å². The van der Waals surface area contributed by atoms with Gasteiger partial charge in [0.1, 0.15) is 0 Å². The van der Waals surface area contributed by atoms with Crippen LogP contribution < -0.4 is 10.6 Å². The zero-order valence-electron chi connectivity index (χ0n) is 8.65. The number of hydrogen-bond donors (Lipinski definition) is 2. The molecule has 2 N–H and O–H groups in total. The second kappa shape index (κ2) is 3.92. The Balaban J connectivity index is 1.86. The normalized spacial score (nSPS) is 20.4. The lowest BCUT2D eigenvalue weighted by molar-refractivity contribution is 0.779. The molecule has 1 unspecified atom stereocenters. The van der Waals surface area contributed by atoms with Crippen LogP contribution in [-0.2, 0) is 0 Å². The average Bonchev–Trinajstić information content (AvgIpc) is 2.86. The minimum Gasteiger partial charge on any atom is -0.349 e. The summed E-state index contributed by atoms with van der Waals surface area (Å²) in [6.45, 7) is 2.02. The van der Waals surface area contributed by atoms with Gasteiger partial charge in [0.25, 0.3) is 0 Å². The van der Waals surface area contributed by atoms with Crippen molar-refractivity contribution < 1.29 is 0 Å². The number of nitrogens with zero attached hydrogens (tertiary/aromatic N) is 3. The van der Waals surface area contributed by atoms with E-state index in [1.807, 2.05) is 12.1 Å². The Kier molecular flexibility index (Phi) is 2.41. The maximum absolute atomic E-state index is 5.88. The number of anilines is 1. The summed E-state index contributed by atoms with van der Waals surface area (Å²) in [5.74, 6) is 0.663. The van der Waals surface area contributed by atoms with Gasteiger partial charge in [-0.1, -0.05) is 11.6 Å². The van der Waals surface area contributed by atoms with Crippen LogP contribution in [0, 0.1) is 0 Å². The molecule has 0 amide bonds. The minimum absolute atomic E-state index is 0.424. The van der Waals surface area contributed by atoms with Crippen molar-refractivity contribution in [3.05, 3.63) is 23.4 Å². The van der Waals surface area contributed by atoms with Crippen molar-refractivity contribution >= 4 is 23.2 Å². The van der Waals surface area contributed by atoms with Crippen molar-refractivity contribution in [2.45, 2.75) is 12.5 Å². The molecule has 1 aliphatic rings. The van der Waals surface area contributed by atoms with Crippen LogP contribution in [0.15, 0.2) is 18.3 Å². The first kappa shape index (κ1) is 9.86. The summed E-state index contributed by atoms with van der Waals surface area (Å²) in [5.41, 5.74) is 0.804. The number of pyridine rings is 1. The van der Waals surface area contributed by atoms with Crippen molar-refractivity contribution in [3.63, 3.8) is 0 Å². The molecule has 1 aliphatic heterocycles. The van der Waals surface area contributed by atoms with Gasteiger partial charge in [0.2, 0.25) is 5.95 Å². The van der Waals surface area contributed by atoms with E-state index in [2.05, 4.69) is 20.7 Å². The van der Waals surface area contributed by atoms with E-state index in [-0.39, 0.29) is 0 Å². The first-order chi connectivity index (χ1) is 7.81. The smallest absolute Gasteiger partial charge is 0.243 e. The predicted octanol–water partition coefficient (Wildman–Crippen LogP) is 1.16. The molecule has 3 heterocycles. The van der Waals surface area contributed by atoms with Crippen LogP contribution in [-0.4, -0.2) is 33.7 Å². The topological polar surface area (TPSA) is 54.2 Å². The van der Waals surface area contributed by atoms with Crippen molar-refractivity contribution in [1.29, 1.82) is 0 Å². The highest BCUT2D eigenvalue weighted by Crippen LogP contribution is 2.12. The van der Waals surface area contributed by atoms with Crippen LogP contribution >= 0.6 is 11.6 Å². The fraction of sp³-hybridized carbons (Fsp3) is 0.400. The maximum Gasteiger partial charge on any atom is 0.243 e. The second-order valence-corrected chi connectivity index (χ2v) is 4.36. The number of aromatic nitrogens is 3. The fourth-order valence-corrected chi connectivity index (χ4v) is 2.04. The first-order valence-electron chi connectivity index (χ1n) is 5.30. The maximum atomic E-state index is 5.88. The van der Waals surface area contributed by atoms with Gasteiger partial charge < -0.3 is 10.6 Å². The molecule has 84 valence electrons. The number of halogens is 1. The molecule has 1 saturated heterocycles. The standard InChI is InChI=1S/C10H12ClN5/c11-7-1-2-9-14-10(15-16(9)6-7)13-8-3-4-12-5-8/h1-2,6,8,12H,3-5H2,(H,13,15). The lowest BCUT2D eigenvalue weighted by atomic mass is 10.3. The first-order valence-corrected chi connectivity index (χ1v) is 5.68. The monoisotopic (exact) mass is 237 g/mol. The van der Waals surface area contributed by atoms with E-state index in [9.17, 15) is 0 Å². The molecule has 0 spiro atoms. The number of rotatable bonds is 2. The summed E-state index contributed by atoms with van der Waals surface area (Å²) >= 11 is 5.88. The van der Waals surface area contributed by atoms with Gasteiger partial charge in [0, 0.05) is 18.8 Å². The van der Waals surface area contributed by atoms with E-state index < -0.39 is 0 Å². The molecule has 5 nitrogen and oxygen atoms in total. The molecule has 2 aromatic heterocycles. The van der Waals surface area contributed by atoms with E-state index >= 15 is 0 Å². The molecule has 1 fully saturated rings. The summed E-state index contributed by atoms with van der Waals surface area (Å²) in [7, 11) is 0. The molecule has 6 heteroatoms. The number of hydrogen-bond acceptors (Lipinski definition) is 4. The molecular weight excluding hydrogens is 226 g/mol. The van der Waals surface area contributed by atoms with Crippen molar-refractivity contribution in [3.8, 4) is 0 Å². The Morgan fingerprint density at radius 3 is 3.25 bits per heavy atom. The van der Waals surface area contributed by atoms with Crippen LogP contribution in [0.4, 0.5) is 5.95 Å². The van der Waals surface area contributed by atoms with Gasteiger partial charge in [0.15, 0.2) is 5.65 Å². The Morgan fingerprint density at radius 2 is 2.44 bits per heavy atom. The van der Waals surface area contributed by atoms with Gasteiger partial charge in [-0.15, -0.1) is 5.10 Å². The van der Waals surface area contributed by atoms with Crippen LogP contribution in [0.5, 0.6) is 0 Å². The van der Waals surface area contributed by atoms with Gasteiger partial charge in [-0.2, -0.15) is 4.98 Å². The van der Waals surface area contributed by atoms with Crippen LogP contribution in [0.1, 0.15) is 6.42 Å². The average molecular weight is 238 g/mol. The Labute approximate surface area is 97.8 Å². The van der Waals surface area contributed by atoms with E-state index in [1.165, 1.54) is 0 Å². The molecule has 3 rings (SSSR count). The fourth-order valence-electron chi connectivity index (χ4n) is 1.88. The van der Waals surface area contributed by atoms with Crippen LogP contribution in [0.2, 0.25) is 5.02 Å². The summed E-state index contributed by atoms with van der Waals surface area (Å²) in [4.78, 5) is 4.37. The Morgan fingerprint density at radius 1 is 1.50 bits per heavy atom. The van der Waals surface area contributed by atoms with Crippen molar-refractivity contribution in [1.82, 2.24) is 19.9 Å². The zero-order valence-corrected chi connectivity index (χ0v) is 9.41. The Bertz CT molecular complexity index is 503. The number of nitrogens with one attached hydrogen (secondary N) is 2. The number of fused-ring (bicyclic) bond motifs is 1. The lowest BCUT2D eigenvalue weighted by Crippen LogP contribution is -2.22. The molecule has 0 aliphatic carbocycles. The molecule has 0 aromatic carbocycles. The molecule has 16 heavy (non-hydrogen) atoms. The van der Waals surface area contributed by atoms with Gasteiger partial charge in [-0.05, 0) is 25.1 Å².